The van der Waals surface area contributed by atoms with Gasteiger partial charge in [-0.3, -0.25) is 4.79 Å². The van der Waals surface area contributed by atoms with E-state index in [9.17, 15) is 4.79 Å². The Bertz CT molecular complexity index is 1020. The lowest BCUT2D eigenvalue weighted by atomic mass is 10.1. The van der Waals surface area contributed by atoms with Crippen molar-refractivity contribution in [3.8, 4) is 5.75 Å². The number of hydrogen-bond donors (Lipinski definition) is 0. The first-order chi connectivity index (χ1) is 13.2. The molecular formula is C23H18BrNO2. The maximum Gasteiger partial charge on any atom is 0.259 e. The summed E-state index contributed by atoms with van der Waals surface area (Å²) in [7, 11) is 1.65. The van der Waals surface area contributed by atoms with Gasteiger partial charge in [0.15, 0.2) is 0 Å². The van der Waals surface area contributed by atoms with E-state index in [1.807, 2.05) is 77.7 Å². The number of fused-ring (bicyclic) bond motifs is 1. The van der Waals surface area contributed by atoms with Crippen molar-refractivity contribution in [2.24, 2.45) is 0 Å². The largest absolute Gasteiger partial charge is 0.497 e. The fourth-order valence-corrected chi connectivity index (χ4v) is 3.66. The summed E-state index contributed by atoms with van der Waals surface area (Å²) in [5, 5.41) is 0. The second kappa shape index (κ2) is 7.41. The summed E-state index contributed by atoms with van der Waals surface area (Å²) < 4.78 is 6.23. The van der Waals surface area contributed by atoms with E-state index < -0.39 is 0 Å². The van der Waals surface area contributed by atoms with Crippen LogP contribution in [0.4, 0.5) is 0 Å². The van der Waals surface area contributed by atoms with E-state index in [0.717, 1.165) is 38.2 Å². The van der Waals surface area contributed by atoms with Crippen LogP contribution in [0.2, 0.25) is 0 Å². The van der Waals surface area contributed by atoms with Crippen LogP contribution in [0.1, 0.15) is 27.0 Å². The van der Waals surface area contributed by atoms with Gasteiger partial charge in [-0.1, -0.05) is 64.5 Å². The van der Waals surface area contributed by atoms with E-state index in [-0.39, 0.29) is 5.91 Å². The first-order valence-electron chi connectivity index (χ1n) is 8.68. The number of ether oxygens (including phenoxy) is 1. The number of hydrogen-bond acceptors (Lipinski definition) is 2. The number of amides is 1. The molecule has 1 heterocycles. The van der Waals surface area contributed by atoms with Crippen LogP contribution in [0.5, 0.6) is 5.75 Å². The molecule has 0 saturated carbocycles. The molecule has 0 aliphatic carbocycles. The number of rotatable bonds is 4. The molecule has 0 atom stereocenters. The van der Waals surface area contributed by atoms with Gasteiger partial charge >= 0.3 is 0 Å². The second-order valence-electron chi connectivity index (χ2n) is 6.34. The molecule has 3 nitrogen and oxygen atoms in total. The Morgan fingerprint density at radius 3 is 2.30 bits per heavy atom. The van der Waals surface area contributed by atoms with Crippen LogP contribution in [-0.4, -0.2) is 17.9 Å². The number of benzene rings is 3. The Balaban J connectivity index is 1.76. The minimum atomic E-state index is 0.0275. The minimum absolute atomic E-state index is 0.0275. The van der Waals surface area contributed by atoms with Crippen LogP contribution in [-0.2, 0) is 6.54 Å². The molecule has 3 aromatic carbocycles. The molecule has 134 valence electrons. The number of halogens is 1. The van der Waals surface area contributed by atoms with Crippen LogP contribution in [0.15, 0.2) is 77.3 Å². The number of carbonyl (C=O) groups excluding carboxylic acids is 1. The molecule has 3 aromatic rings. The lowest BCUT2D eigenvalue weighted by molar-refractivity contribution is 0.0843. The van der Waals surface area contributed by atoms with Gasteiger partial charge < -0.3 is 9.64 Å². The highest BCUT2D eigenvalue weighted by molar-refractivity contribution is 9.10. The molecule has 27 heavy (non-hydrogen) atoms. The van der Waals surface area contributed by atoms with E-state index in [1.165, 1.54) is 0 Å². The highest BCUT2D eigenvalue weighted by atomic mass is 79.9. The van der Waals surface area contributed by atoms with Crippen molar-refractivity contribution in [2.75, 3.05) is 7.11 Å². The summed E-state index contributed by atoms with van der Waals surface area (Å²) in [6.45, 7) is 0.508. The third-order valence-electron chi connectivity index (χ3n) is 4.67. The third-order valence-corrected chi connectivity index (χ3v) is 5.39. The van der Waals surface area contributed by atoms with Gasteiger partial charge in [0.05, 0.1) is 19.4 Å². The minimum Gasteiger partial charge on any atom is -0.497 e. The molecule has 0 spiro atoms. The van der Waals surface area contributed by atoms with Gasteiger partial charge in [0, 0.05) is 15.6 Å². The van der Waals surface area contributed by atoms with Crippen molar-refractivity contribution < 1.29 is 9.53 Å². The predicted octanol–water partition coefficient (Wildman–Crippen LogP) is 5.61. The average Bonchev–Trinajstić information content (AvgIpc) is 2.96. The maximum absolute atomic E-state index is 13.1. The van der Waals surface area contributed by atoms with Crippen LogP contribution < -0.4 is 4.74 Å². The van der Waals surface area contributed by atoms with Crippen molar-refractivity contribution in [1.82, 2.24) is 4.90 Å². The molecule has 0 saturated heterocycles. The van der Waals surface area contributed by atoms with Gasteiger partial charge in [0.25, 0.3) is 5.91 Å². The maximum atomic E-state index is 13.1. The Kier molecular flexibility index (Phi) is 4.82. The Morgan fingerprint density at radius 1 is 0.926 bits per heavy atom. The molecule has 0 aromatic heterocycles. The van der Waals surface area contributed by atoms with Gasteiger partial charge in [-0.2, -0.15) is 0 Å². The highest BCUT2D eigenvalue weighted by Gasteiger charge is 2.31. The molecule has 0 fully saturated rings. The summed E-state index contributed by atoms with van der Waals surface area (Å²) in [6.07, 6.45) is 2.07. The molecule has 0 unspecified atom stereocenters. The summed E-state index contributed by atoms with van der Waals surface area (Å²) in [5.74, 6) is 0.832. The second-order valence-corrected chi connectivity index (χ2v) is 7.19. The van der Waals surface area contributed by atoms with Crippen molar-refractivity contribution in [2.45, 2.75) is 6.54 Å². The van der Waals surface area contributed by atoms with Gasteiger partial charge in [-0.05, 0) is 41.5 Å². The van der Waals surface area contributed by atoms with Gasteiger partial charge in [-0.25, -0.2) is 0 Å². The van der Waals surface area contributed by atoms with Crippen LogP contribution >= 0.6 is 15.9 Å². The van der Waals surface area contributed by atoms with E-state index in [1.54, 1.807) is 7.11 Å². The van der Waals surface area contributed by atoms with Crippen molar-refractivity contribution in [3.63, 3.8) is 0 Å². The summed E-state index contributed by atoms with van der Waals surface area (Å²) in [6, 6.07) is 23.6. The fraction of sp³-hybridized carbons (Fsp3) is 0.0870. The molecule has 0 N–H and O–H groups in total. The molecule has 0 bridgehead atoms. The van der Waals surface area contributed by atoms with E-state index in [2.05, 4.69) is 22.0 Å². The summed E-state index contributed by atoms with van der Waals surface area (Å²) in [5.41, 5.74) is 4.71. The first-order valence-corrected chi connectivity index (χ1v) is 9.47. The number of nitrogens with zero attached hydrogens (tertiary/aromatic N) is 1. The molecule has 1 amide bonds. The molecule has 0 radical (unpaired) electrons. The SMILES string of the molecule is COc1ccc(CN2C(=O)c3ccccc3/C2=C\c2ccccc2Br)cc1. The highest BCUT2D eigenvalue weighted by Crippen LogP contribution is 2.36. The standard InChI is InChI=1S/C23H18BrNO2/c1-27-18-12-10-16(11-13-18)15-25-22(14-17-6-2-5-9-21(17)24)19-7-3-4-8-20(19)23(25)26/h2-14H,15H2,1H3/b22-14+. The Hall–Kier alpha value is -2.85. The first kappa shape index (κ1) is 17.6. The fourth-order valence-electron chi connectivity index (χ4n) is 3.26. The predicted molar refractivity (Wildman–Crippen MR) is 111 cm³/mol. The average molecular weight is 420 g/mol. The quantitative estimate of drug-likeness (QED) is 0.549. The number of methoxy groups -OCH3 is 1. The lowest BCUT2D eigenvalue weighted by Crippen LogP contribution is -2.22. The number of carbonyl (C=O) groups is 1. The van der Waals surface area contributed by atoms with Gasteiger partial charge in [-0.15, -0.1) is 0 Å². The topological polar surface area (TPSA) is 29.5 Å². The molecule has 1 aliphatic heterocycles. The van der Waals surface area contributed by atoms with E-state index in [4.69, 9.17) is 4.74 Å². The van der Waals surface area contributed by atoms with Gasteiger partial charge in [0.1, 0.15) is 5.75 Å². The van der Waals surface area contributed by atoms with Crippen LogP contribution in [0, 0.1) is 0 Å². The normalized spacial score (nSPS) is 14.5. The van der Waals surface area contributed by atoms with E-state index >= 15 is 0 Å². The van der Waals surface area contributed by atoms with Crippen molar-refractivity contribution in [1.29, 1.82) is 0 Å². The zero-order chi connectivity index (χ0) is 18.8. The summed E-state index contributed by atoms with van der Waals surface area (Å²) >= 11 is 3.60. The van der Waals surface area contributed by atoms with Gasteiger partial charge in [0.2, 0.25) is 0 Å². The van der Waals surface area contributed by atoms with Crippen LogP contribution in [0.3, 0.4) is 0 Å². The van der Waals surface area contributed by atoms with Crippen LogP contribution in [0.25, 0.3) is 11.8 Å². The lowest BCUT2D eigenvalue weighted by Gasteiger charge is -2.19. The Labute approximate surface area is 167 Å². The zero-order valence-corrected chi connectivity index (χ0v) is 16.4. The third kappa shape index (κ3) is 3.40. The zero-order valence-electron chi connectivity index (χ0n) is 14.9. The van der Waals surface area contributed by atoms with E-state index in [0.29, 0.717) is 6.54 Å². The monoisotopic (exact) mass is 419 g/mol. The molecule has 4 rings (SSSR count). The molecule has 4 heteroatoms. The smallest absolute Gasteiger partial charge is 0.259 e. The Morgan fingerprint density at radius 2 is 1.59 bits per heavy atom. The summed E-state index contributed by atoms with van der Waals surface area (Å²) in [4.78, 5) is 14.9. The van der Waals surface area contributed by atoms with Crippen molar-refractivity contribution >= 4 is 33.6 Å². The van der Waals surface area contributed by atoms with Crippen molar-refractivity contribution in [3.05, 3.63) is 99.5 Å². The molecular weight excluding hydrogens is 402 g/mol. The molecule has 1 aliphatic rings.